The minimum atomic E-state index is -1.12. The van der Waals surface area contributed by atoms with Gasteiger partial charge in [-0.2, -0.15) is 0 Å². The van der Waals surface area contributed by atoms with Gasteiger partial charge in [-0.05, 0) is 43.5 Å². The molecule has 1 aromatic carbocycles. The number of carbonyl (C=O) groups excluding carboxylic acids is 1. The summed E-state index contributed by atoms with van der Waals surface area (Å²) in [4.78, 5) is 12.1. The summed E-state index contributed by atoms with van der Waals surface area (Å²) in [5.41, 5.74) is -1.43. The van der Waals surface area contributed by atoms with Crippen molar-refractivity contribution in [1.82, 2.24) is 5.32 Å². The van der Waals surface area contributed by atoms with E-state index in [0.717, 1.165) is 0 Å². The van der Waals surface area contributed by atoms with Crippen molar-refractivity contribution in [2.24, 2.45) is 5.41 Å². The van der Waals surface area contributed by atoms with Gasteiger partial charge in [0.05, 0.1) is 6.10 Å². The predicted molar refractivity (Wildman–Crippen MR) is 79.6 cm³/mol. The van der Waals surface area contributed by atoms with Gasteiger partial charge >= 0.3 is 0 Å². The highest BCUT2D eigenvalue weighted by Crippen LogP contribution is 2.20. The third-order valence-electron chi connectivity index (χ3n) is 3.19. The van der Waals surface area contributed by atoms with Crippen LogP contribution in [0.25, 0.3) is 0 Å². The average Bonchev–Trinajstić information content (AvgIpc) is 2.36. The van der Waals surface area contributed by atoms with Crippen molar-refractivity contribution in [1.29, 1.82) is 0 Å². The average molecular weight is 297 g/mol. The maximum Gasteiger partial charge on any atom is 0.263 e. The maximum atomic E-state index is 12.8. The van der Waals surface area contributed by atoms with Crippen LogP contribution in [0.4, 0.5) is 4.39 Å². The summed E-state index contributed by atoms with van der Waals surface area (Å²) in [7, 11) is 0. The molecule has 1 atom stereocenters. The Bertz CT molecular complexity index is 477. The number of carbonyl (C=O) groups is 1. The van der Waals surface area contributed by atoms with E-state index in [1.807, 2.05) is 20.8 Å². The Hall–Kier alpha value is -1.62. The van der Waals surface area contributed by atoms with Crippen LogP contribution in [0.15, 0.2) is 24.3 Å². The molecule has 0 heterocycles. The van der Waals surface area contributed by atoms with E-state index < -0.39 is 11.7 Å². The third kappa shape index (κ3) is 5.34. The largest absolute Gasteiger partial charge is 0.478 e. The van der Waals surface area contributed by atoms with E-state index in [0.29, 0.717) is 5.75 Å². The van der Waals surface area contributed by atoms with Crippen molar-refractivity contribution in [2.75, 3.05) is 6.54 Å². The Morgan fingerprint density at radius 3 is 2.24 bits per heavy atom. The van der Waals surface area contributed by atoms with Gasteiger partial charge in [-0.25, -0.2) is 4.39 Å². The Morgan fingerprint density at radius 1 is 1.24 bits per heavy atom. The molecule has 1 unspecified atom stereocenters. The van der Waals surface area contributed by atoms with Crippen LogP contribution in [-0.2, 0) is 4.79 Å². The zero-order valence-electron chi connectivity index (χ0n) is 13.2. The number of benzene rings is 1. The molecule has 0 saturated heterocycles. The Labute approximate surface area is 125 Å². The molecule has 0 aliphatic heterocycles. The fourth-order valence-electron chi connectivity index (χ4n) is 1.55. The molecule has 0 aliphatic rings. The van der Waals surface area contributed by atoms with Gasteiger partial charge in [0.15, 0.2) is 5.60 Å². The van der Waals surface area contributed by atoms with Gasteiger partial charge in [-0.3, -0.25) is 4.79 Å². The molecular formula is C16H24FNO3. The maximum absolute atomic E-state index is 12.8. The number of aliphatic hydroxyl groups is 1. The highest BCUT2D eigenvalue weighted by molar-refractivity contribution is 5.84. The van der Waals surface area contributed by atoms with E-state index in [2.05, 4.69) is 5.32 Å². The van der Waals surface area contributed by atoms with Crippen LogP contribution in [0.1, 0.15) is 34.6 Å². The topological polar surface area (TPSA) is 58.6 Å². The molecule has 0 saturated carbocycles. The van der Waals surface area contributed by atoms with E-state index >= 15 is 0 Å². The molecule has 0 aromatic heterocycles. The Kier molecular flexibility index (Phi) is 5.34. The van der Waals surface area contributed by atoms with Gasteiger partial charge in [-0.1, -0.05) is 20.8 Å². The lowest BCUT2D eigenvalue weighted by Crippen LogP contribution is -2.50. The fraction of sp³-hybridized carbons (Fsp3) is 0.562. The smallest absolute Gasteiger partial charge is 0.263 e. The minimum absolute atomic E-state index is 0.151. The second-order valence-electron chi connectivity index (χ2n) is 6.66. The van der Waals surface area contributed by atoms with Crippen LogP contribution < -0.4 is 10.1 Å². The van der Waals surface area contributed by atoms with E-state index in [1.54, 1.807) is 13.8 Å². The SMILES string of the molecule is CC(C)(Oc1ccc(F)cc1)C(=O)NCC(O)C(C)(C)C. The summed E-state index contributed by atoms with van der Waals surface area (Å²) in [6.07, 6.45) is -0.650. The number of aliphatic hydroxyl groups excluding tert-OH is 1. The summed E-state index contributed by atoms with van der Waals surface area (Å²) < 4.78 is 18.4. The summed E-state index contributed by atoms with van der Waals surface area (Å²) >= 11 is 0. The molecule has 118 valence electrons. The summed E-state index contributed by atoms with van der Waals surface area (Å²) in [5.74, 6) is -0.291. The summed E-state index contributed by atoms with van der Waals surface area (Å²) in [5, 5.41) is 12.6. The Morgan fingerprint density at radius 2 is 1.76 bits per heavy atom. The molecule has 2 N–H and O–H groups in total. The normalized spacial score (nSPS) is 13.7. The molecule has 0 spiro atoms. The number of rotatable bonds is 5. The number of halogens is 1. The first-order chi connectivity index (χ1) is 9.52. The molecule has 0 fully saturated rings. The van der Waals surface area contributed by atoms with Crippen molar-refractivity contribution in [2.45, 2.75) is 46.3 Å². The third-order valence-corrected chi connectivity index (χ3v) is 3.19. The molecule has 0 bridgehead atoms. The molecule has 1 amide bonds. The van der Waals surface area contributed by atoms with Gasteiger partial charge in [0, 0.05) is 6.54 Å². The van der Waals surface area contributed by atoms with Gasteiger partial charge in [0.2, 0.25) is 0 Å². The van der Waals surface area contributed by atoms with Crippen molar-refractivity contribution in [3.05, 3.63) is 30.1 Å². The molecule has 1 aromatic rings. The number of ether oxygens (including phenoxy) is 1. The van der Waals surface area contributed by atoms with Crippen LogP contribution in [0.5, 0.6) is 5.75 Å². The number of nitrogens with one attached hydrogen (secondary N) is 1. The lowest BCUT2D eigenvalue weighted by Gasteiger charge is -2.29. The standard InChI is InChI=1S/C16H24FNO3/c1-15(2,3)13(19)10-18-14(20)16(4,5)21-12-8-6-11(17)7-9-12/h6-9,13,19H,10H2,1-5H3,(H,18,20). The van der Waals surface area contributed by atoms with Crippen molar-refractivity contribution in [3.8, 4) is 5.75 Å². The lowest BCUT2D eigenvalue weighted by atomic mass is 9.89. The second kappa shape index (κ2) is 6.43. The van der Waals surface area contributed by atoms with Crippen LogP contribution in [0, 0.1) is 11.2 Å². The summed E-state index contributed by atoms with van der Waals surface area (Å²) in [6, 6.07) is 5.47. The Balaban J connectivity index is 2.61. The van der Waals surface area contributed by atoms with Crippen molar-refractivity contribution < 1.29 is 19.0 Å². The van der Waals surface area contributed by atoms with E-state index in [-0.39, 0.29) is 23.7 Å². The number of hydrogen-bond acceptors (Lipinski definition) is 3. The molecule has 21 heavy (non-hydrogen) atoms. The molecular weight excluding hydrogens is 273 g/mol. The van der Waals surface area contributed by atoms with Crippen LogP contribution in [-0.4, -0.2) is 29.3 Å². The molecule has 0 radical (unpaired) electrons. The van der Waals surface area contributed by atoms with Crippen molar-refractivity contribution in [3.63, 3.8) is 0 Å². The van der Waals surface area contributed by atoms with E-state index in [1.165, 1.54) is 24.3 Å². The van der Waals surface area contributed by atoms with Crippen molar-refractivity contribution >= 4 is 5.91 Å². The van der Waals surface area contributed by atoms with Crippen LogP contribution in [0.2, 0.25) is 0 Å². The zero-order valence-corrected chi connectivity index (χ0v) is 13.2. The summed E-state index contributed by atoms with van der Waals surface area (Å²) in [6.45, 7) is 9.07. The molecule has 5 heteroatoms. The van der Waals surface area contributed by atoms with E-state index in [4.69, 9.17) is 4.74 Å². The molecule has 4 nitrogen and oxygen atoms in total. The lowest BCUT2D eigenvalue weighted by molar-refractivity contribution is -0.135. The monoisotopic (exact) mass is 297 g/mol. The first-order valence-corrected chi connectivity index (χ1v) is 6.93. The van der Waals surface area contributed by atoms with Gasteiger partial charge in [0.25, 0.3) is 5.91 Å². The van der Waals surface area contributed by atoms with Gasteiger partial charge < -0.3 is 15.2 Å². The molecule has 0 aliphatic carbocycles. The van der Waals surface area contributed by atoms with Gasteiger partial charge in [-0.15, -0.1) is 0 Å². The van der Waals surface area contributed by atoms with Gasteiger partial charge in [0.1, 0.15) is 11.6 Å². The highest BCUT2D eigenvalue weighted by atomic mass is 19.1. The highest BCUT2D eigenvalue weighted by Gasteiger charge is 2.31. The zero-order chi connectivity index (χ0) is 16.3. The first kappa shape index (κ1) is 17.4. The fourth-order valence-corrected chi connectivity index (χ4v) is 1.55. The number of amides is 1. The predicted octanol–water partition coefficient (Wildman–Crippen LogP) is 2.51. The second-order valence-corrected chi connectivity index (χ2v) is 6.66. The number of hydrogen-bond donors (Lipinski definition) is 2. The quantitative estimate of drug-likeness (QED) is 0.878. The van der Waals surface area contributed by atoms with Crippen LogP contribution in [0.3, 0.4) is 0 Å². The first-order valence-electron chi connectivity index (χ1n) is 6.93. The van der Waals surface area contributed by atoms with E-state index in [9.17, 15) is 14.3 Å². The van der Waals surface area contributed by atoms with Crippen LogP contribution >= 0.6 is 0 Å². The molecule has 1 rings (SSSR count). The minimum Gasteiger partial charge on any atom is -0.478 e.